The summed E-state index contributed by atoms with van der Waals surface area (Å²) in [5, 5.41) is 19.2. The van der Waals surface area contributed by atoms with Crippen molar-refractivity contribution in [2.24, 2.45) is 11.8 Å². The Hall–Kier alpha value is -0.640. The Balaban J connectivity index is 2.86. The largest absolute Gasteiger partial charge is 0.386 e. The number of rotatable bonds is 2. The van der Waals surface area contributed by atoms with Gasteiger partial charge in [0, 0.05) is 0 Å². The minimum atomic E-state index is -0.846. The van der Waals surface area contributed by atoms with Crippen molar-refractivity contribution in [3.05, 3.63) is 24.3 Å². The Bertz CT molecular complexity index is 305. The predicted octanol–water partition coefficient (Wildman–Crippen LogP) is 3.55. The van der Waals surface area contributed by atoms with Gasteiger partial charge in [0.1, 0.15) is 6.10 Å². The monoisotopic (exact) mass is 254 g/mol. The van der Waals surface area contributed by atoms with Crippen molar-refractivity contribution in [2.75, 3.05) is 0 Å². The third-order valence-electron chi connectivity index (χ3n) is 3.85. The lowest BCUT2D eigenvalue weighted by Gasteiger charge is -2.27. The molecule has 0 fully saturated rings. The molecule has 0 aromatic rings. The van der Waals surface area contributed by atoms with Crippen molar-refractivity contribution in [3.8, 4) is 0 Å². The van der Waals surface area contributed by atoms with Gasteiger partial charge in [0.05, 0.1) is 5.60 Å². The molecule has 18 heavy (non-hydrogen) atoms. The van der Waals surface area contributed by atoms with Crippen LogP contribution in [0, 0.1) is 11.8 Å². The van der Waals surface area contributed by atoms with Crippen LogP contribution in [0.2, 0.25) is 0 Å². The average Bonchev–Trinajstić information content (AvgIpc) is 2.28. The summed E-state index contributed by atoms with van der Waals surface area (Å²) in [6, 6.07) is 0. The molecule has 0 bridgehead atoms. The van der Waals surface area contributed by atoms with Crippen LogP contribution < -0.4 is 0 Å². The van der Waals surface area contributed by atoms with Crippen molar-refractivity contribution < 1.29 is 15.3 Å². The summed E-state index contributed by atoms with van der Waals surface area (Å²) >= 11 is 0. The Morgan fingerprint density at radius 2 is 2.11 bits per heavy atom. The second-order valence-electron chi connectivity index (χ2n) is 5.95. The van der Waals surface area contributed by atoms with E-state index in [1.807, 2.05) is 6.08 Å². The minimum Gasteiger partial charge on any atom is -0.386 e. The first kappa shape index (κ1) is 15.4. The van der Waals surface area contributed by atoms with Crippen LogP contribution >= 0.6 is 0 Å². The van der Waals surface area contributed by atoms with Crippen molar-refractivity contribution in [1.82, 2.24) is 0 Å². The highest BCUT2D eigenvalue weighted by atomic mass is 17.1. The lowest BCUT2D eigenvalue weighted by molar-refractivity contribution is -0.271. The molecule has 1 aliphatic carbocycles. The zero-order valence-corrected chi connectivity index (χ0v) is 11.7. The van der Waals surface area contributed by atoms with Gasteiger partial charge in [-0.15, -0.1) is 0 Å². The van der Waals surface area contributed by atoms with Crippen LogP contribution in [-0.4, -0.2) is 22.1 Å². The maximum absolute atomic E-state index is 10.2. The van der Waals surface area contributed by atoms with Gasteiger partial charge in [-0.25, -0.2) is 4.89 Å². The van der Waals surface area contributed by atoms with Crippen molar-refractivity contribution in [3.63, 3.8) is 0 Å². The normalized spacial score (nSPS) is 34.9. The van der Waals surface area contributed by atoms with Crippen LogP contribution in [0.1, 0.15) is 46.5 Å². The first-order chi connectivity index (χ1) is 8.35. The molecule has 2 N–H and O–H groups in total. The molecule has 0 aromatic heterocycles. The second-order valence-corrected chi connectivity index (χ2v) is 5.95. The van der Waals surface area contributed by atoms with Crippen LogP contribution in [0.3, 0.4) is 0 Å². The Morgan fingerprint density at radius 3 is 2.67 bits per heavy atom. The Labute approximate surface area is 110 Å². The van der Waals surface area contributed by atoms with Gasteiger partial charge < -0.3 is 5.11 Å². The molecule has 0 spiro atoms. The smallest absolute Gasteiger partial charge is 0.114 e. The second kappa shape index (κ2) is 6.50. The molecule has 0 saturated heterocycles. The van der Waals surface area contributed by atoms with Crippen LogP contribution in [0.15, 0.2) is 24.3 Å². The van der Waals surface area contributed by atoms with Gasteiger partial charge in [-0.2, -0.15) is 0 Å². The fraction of sp³-hybridized carbons (Fsp3) is 0.733. The number of allylic oxidation sites excluding steroid dienone is 1. The third kappa shape index (κ3) is 4.56. The highest BCUT2D eigenvalue weighted by Crippen LogP contribution is 2.28. The van der Waals surface area contributed by atoms with E-state index >= 15 is 0 Å². The molecule has 3 nitrogen and oxygen atoms in total. The van der Waals surface area contributed by atoms with Crippen LogP contribution in [0.5, 0.6) is 0 Å². The zero-order chi connectivity index (χ0) is 13.8. The van der Waals surface area contributed by atoms with Gasteiger partial charge in [0.25, 0.3) is 0 Å². The molecule has 1 aliphatic rings. The van der Waals surface area contributed by atoms with Gasteiger partial charge in [0.2, 0.25) is 0 Å². The molecule has 0 aromatic carbocycles. The highest BCUT2D eigenvalue weighted by molar-refractivity contribution is 5.08. The van der Waals surface area contributed by atoms with E-state index in [0.717, 1.165) is 18.4 Å². The lowest BCUT2D eigenvalue weighted by Crippen LogP contribution is -2.26. The summed E-state index contributed by atoms with van der Waals surface area (Å²) < 4.78 is 0. The van der Waals surface area contributed by atoms with E-state index in [1.54, 1.807) is 6.92 Å². The van der Waals surface area contributed by atoms with E-state index in [0.29, 0.717) is 24.7 Å². The van der Waals surface area contributed by atoms with Crippen LogP contribution in [-0.2, 0) is 4.89 Å². The summed E-state index contributed by atoms with van der Waals surface area (Å²) in [7, 11) is 0. The molecule has 1 rings (SSSR count). The summed E-state index contributed by atoms with van der Waals surface area (Å²) in [4.78, 5) is 4.49. The molecule has 0 amide bonds. The molecule has 0 radical (unpaired) electrons. The van der Waals surface area contributed by atoms with Gasteiger partial charge in [0.15, 0.2) is 0 Å². The van der Waals surface area contributed by atoms with Gasteiger partial charge in [-0.05, 0) is 50.0 Å². The minimum absolute atomic E-state index is 0.365. The van der Waals surface area contributed by atoms with E-state index in [9.17, 15) is 5.11 Å². The van der Waals surface area contributed by atoms with Crippen molar-refractivity contribution in [2.45, 2.75) is 58.2 Å². The maximum Gasteiger partial charge on any atom is 0.114 e. The summed E-state index contributed by atoms with van der Waals surface area (Å²) in [5.41, 5.74) is 0.0656. The quantitative estimate of drug-likeness (QED) is 0.450. The maximum atomic E-state index is 10.2. The Morgan fingerprint density at radius 1 is 1.44 bits per heavy atom. The topological polar surface area (TPSA) is 49.7 Å². The average molecular weight is 254 g/mol. The number of aliphatic hydroxyl groups is 1. The highest BCUT2D eigenvalue weighted by Gasteiger charge is 2.24. The number of hydrogen-bond acceptors (Lipinski definition) is 3. The van der Waals surface area contributed by atoms with Crippen LogP contribution in [0.4, 0.5) is 0 Å². The fourth-order valence-corrected chi connectivity index (χ4v) is 2.33. The molecule has 3 heteroatoms. The van der Waals surface area contributed by atoms with E-state index in [2.05, 4.69) is 31.4 Å². The van der Waals surface area contributed by atoms with Gasteiger partial charge in [-0.1, -0.05) is 32.6 Å². The predicted molar refractivity (Wildman–Crippen MR) is 73.2 cm³/mol. The van der Waals surface area contributed by atoms with Gasteiger partial charge >= 0.3 is 0 Å². The number of hydrogen-bond donors (Lipinski definition) is 2. The molecule has 0 aliphatic heterocycles. The summed E-state index contributed by atoms with van der Waals surface area (Å²) in [5.74, 6) is 0.948. The first-order valence-electron chi connectivity index (χ1n) is 6.75. The van der Waals surface area contributed by atoms with Crippen LogP contribution in [0.25, 0.3) is 0 Å². The first-order valence-corrected chi connectivity index (χ1v) is 6.75. The molecule has 0 saturated carbocycles. The van der Waals surface area contributed by atoms with Crippen molar-refractivity contribution >= 4 is 0 Å². The van der Waals surface area contributed by atoms with Gasteiger partial charge in [-0.3, -0.25) is 5.26 Å². The van der Waals surface area contributed by atoms with Crippen molar-refractivity contribution in [1.29, 1.82) is 0 Å². The standard InChI is InChI=1S/C15H26O3/c1-11(2)13-6-5-12(3)14(18-17)8-10-15(4,16)9-7-13/h7,9,11,13-14,16-17H,3,5-6,8,10H2,1-2,4H3. The molecule has 3 unspecified atom stereocenters. The zero-order valence-electron chi connectivity index (χ0n) is 11.7. The SMILES string of the molecule is C=C1CCC(C(C)C)C=CC(C)(O)CCC1OO. The fourth-order valence-electron chi connectivity index (χ4n) is 2.33. The lowest BCUT2D eigenvalue weighted by atomic mass is 9.84. The van der Waals surface area contributed by atoms with E-state index in [1.165, 1.54) is 0 Å². The summed E-state index contributed by atoms with van der Waals surface area (Å²) in [6.45, 7) is 10.1. The molecule has 0 heterocycles. The molecule has 104 valence electrons. The van der Waals surface area contributed by atoms with E-state index in [-0.39, 0.29) is 6.10 Å². The van der Waals surface area contributed by atoms with E-state index < -0.39 is 5.60 Å². The summed E-state index contributed by atoms with van der Waals surface area (Å²) in [6.07, 6.45) is 6.61. The molecule has 3 atom stereocenters. The molecular formula is C15H26O3. The Kier molecular flexibility index (Phi) is 5.57. The van der Waals surface area contributed by atoms with E-state index in [4.69, 9.17) is 5.26 Å². The third-order valence-corrected chi connectivity index (χ3v) is 3.85. The molecular weight excluding hydrogens is 228 g/mol.